The van der Waals surface area contributed by atoms with Crippen LogP contribution in [0.5, 0.6) is 0 Å². The summed E-state index contributed by atoms with van der Waals surface area (Å²) in [6.07, 6.45) is 0. The summed E-state index contributed by atoms with van der Waals surface area (Å²) in [6, 6.07) is 0. The Morgan fingerprint density at radius 1 is 1.45 bits per heavy atom. The Morgan fingerprint density at radius 2 is 1.91 bits per heavy atom. The van der Waals surface area contributed by atoms with Gasteiger partial charge in [-0.3, -0.25) is 0 Å². The van der Waals surface area contributed by atoms with E-state index in [0.717, 1.165) is 0 Å². The van der Waals surface area contributed by atoms with Crippen LogP contribution >= 0.6 is 11.6 Å². The Hall–Kier alpha value is 0.200. The van der Waals surface area contributed by atoms with E-state index < -0.39 is 15.3 Å². The second-order valence-electron chi connectivity index (χ2n) is 2.69. The molecule has 0 spiro atoms. The van der Waals surface area contributed by atoms with Crippen LogP contribution in [0.3, 0.4) is 0 Å². The molecule has 0 aromatic rings. The minimum Gasteiger partial charge on any atom is -0.377 e. The van der Waals surface area contributed by atoms with Crippen molar-refractivity contribution in [2.45, 2.75) is 19.3 Å². The van der Waals surface area contributed by atoms with Crippen LogP contribution in [0.4, 0.5) is 0 Å². The SMILES string of the molecule is CC(C)C(O)S(=O)(=O)CCCl. The fraction of sp³-hybridized carbons (Fsp3) is 1.00. The summed E-state index contributed by atoms with van der Waals surface area (Å²) in [5, 5.41) is 9.14. The maximum Gasteiger partial charge on any atom is 0.178 e. The van der Waals surface area contributed by atoms with Crippen LogP contribution in [-0.2, 0) is 9.84 Å². The van der Waals surface area contributed by atoms with Crippen molar-refractivity contribution in [1.82, 2.24) is 0 Å². The van der Waals surface area contributed by atoms with Gasteiger partial charge in [0.25, 0.3) is 0 Å². The number of hydrogen-bond donors (Lipinski definition) is 1. The Balaban J connectivity index is 4.31. The highest BCUT2D eigenvalue weighted by molar-refractivity contribution is 7.91. The van der Waals surface area contributed by atoms with Gasteiger partial charge in [-0.25, -0.2) is 8.42 Å². The lowest BCUT2D eigenvalue weighted by molar-refractivity contribution is 0.199. The van der Waals surface area contributed by atoms with Gasteiger partial charge in [-0.2, -0.15) is 0 Å². The lowest BCUT2D eigenvalue weighted by atomic mass is 10.2. The molecule has 0 amide bonds. The molecule has 0 aromatic heterocycles. The van der Waals surface area contributed by atoms with E-state index in [1.807, 2.05) is 0 Å². The van der Waals surface area contributed by atoms with E-state index in [9.17, 15) is 8.42 Å². The molecule has 3 nitrogen and oxygen atoms in total. The highest BCUT2D eigenvalue weighted by Crippen LogP contribution is 2.09. The molecule has 0 fully saturated rings. The van der Waals surface area contributed by atoms with Crippen molar-refractivity contribution in [3.8, 4) is 0 Å². The van der Waals surface area contributed by atoms with Crippen molar-refractivity contribution in [3.05, 3.63) is 0 Å². The molecule has 0 aliphatic carbocycles. The monoisotopic (exact) mass is 200 g/mol. The molecular weight excluding hydrogens is 188 g/mol. The molecule has 11 heavy (non-hydrogen) atoms. The van der Waals surface area contributed by atoms with Gasteiger partial charge >= 0.3 is 0 Å². The quantitative estimate of drug-likeness (QED) is 0.677. The van der Waals surface area contributed by atoms with Crippen molar-refractivity contribution in [2.75, 3.05) is 11.6 Å². The summed E-state index contributed by atoms with van der Waals surface area (Å²) in [4.78, 5) is 0. The molecule has 1 unspecified atom stereocenters. The van der Waals surface area contributed by atoms with Crippen LogP contribution < -0.4 is 0 Å². The molecule has 1 atom stereocenters. The van der Waals surface area contributed by atoms with Crippen LogP contribution in [-0.4, -0.2) is 30.6 Å². The fourth-order valence-electron chi connectivity index (χ4n) is 0.643. The number of alkyl halides is 1. The van der Waals surface area contributed by atoms with E-state index in [-0.39, 0.29) is 17.6 Å². The lowest BCUT2D eigenvalue weighted by Crippen LogP contribution is -2.29. The summed E-state index contributed by atoms with van der Waals surface area (Å²) in [7, 11) is -3.39. The average molecular weight is 201 g/mol. The van der Waals surface area contributed by atoms with Gasteiger partial charge in [-0.1, -0.05) is 13.8 Å². The van der Waals surface area contributed by atoms with Crippen LogP contribution in [0.2, 0.25) is 0 Å². The molecule has 5 heteroatoms. The van der Waals surface area contributed by atoms with Gasteiger partial charge in [0.1, 0.15) is 0 Å². The van der Waals surface area contributed by atoms with Crippen LogP contribution in [0, 0.1) is 5.92 Å². The second-order valence-corrected chi connectivity index (χ2v) is 5.29. The largest absolute Gasteiger partial charge is 0.377 e. The highest BCUT2D eigenvalue weighted by atomic mass is 35.5. The number of hydrogen-bond acceptors (Lipinski definition) is 3. The van der Waals surface area contributed by atoms with Crippen molar-refractivity contribution >= 4 is 21.4 Å². The first-order valence-electron chi connectivity index (χ1n) is 3.37. The van der Waals surface area contributed by atoms with E-state index in [2.05, 4.69) is 0 Å². The fourth-order valence-corrected chi connectivity index (χ4v) is 2.57. The second kappa shape index (κ2) is 4.28. The van der Waals surface area contributed by atoms with Gasteiger partial charge in [0.05, 0.1) is 5.75 Å². The van der Waals surface area contributed by atoms with Crippen LogP contribution in [0.25, 0.3) is 0 Å². The Morgan fingerprint density at radius 3 is 2.18 bits per heavy atom. The summed E-state index contributed by atoms with van der Waals surface area (Å²) >= 11 is 5.24. The first-order valence-corrected chi connectivity index (χ1v) is 5.62. The molecule has 0 saturated carbocycles. The van der Waals surface area contributed by atoms with E-state index in [4.69, 9.17) is 16.7 Å². The predicted molar refractivity (Wildman–Crippen MR) is 45.4 cm³/mol. The zero-order valence-corrected chi connectivity index (χ0v) is 8.19. The van der Waals surface area contributed by atoms with Gasteiger partial charge in [-0.05, 0) is 5.92 Å². The molecule has 0 aliphatic heterocycles. The van der Waals surface area contributed by atoms with Gasteiger partial charge in [0, 0.05) is 5.88 Å². The molecule has 1 N–H and O–H groups in total. The number of halogens is 1. The minimum atomic E-state index is -3.39. The topological polar surface area (TPSA) is 54.4 Å². The zero-order valence-electron chi connectivity index (χ0n) is 6.62. The molecule has 68 valence electrons. The van der Waals surface area contributed by atoms with E-state index in [1.54, 1.807) is 13.8 Å². The first-order chi connectivity index (χ1) is 4.91. The highest BCUT2D eigenvalue weighted by Gasteiger charge is 2.24. The van der Waals surface area contributed by atoms with E-state index in [0.29, 0.717) is 0 Å². The van der Waals surface area contributed by atoms with Crippen molar-refractivity contribution in [2.24, 2.45) is 5.92 Å². The van der Waals surface area contributed by atoms with Crippen LogP contribution in [0.1, 0.15) is 13.8 Å². The predicted octanol–water partition coefficient (Wildman–Crippen LogP) is 0.614. The summed E-state index contributed by atoms with van der Waals surface area (Å²) in [5.74, 6) is -0.400. The summed E-state index contributed by atoms with van der Waals surface area (Å²) < 4.78 is 22.1. The number of aliphatic hydroxyl groups is 1. The normalized spacial score (nSPS) is 15.4. The molecule has 0 aromatic carbocycles. The smallest absolute Gasteiger partial charge is 0.178 e. The van der Waals surface area contributed by atoms with Crippen molar-refractivity contribution < 1.29 is 13.5 Å². The minimum absolute atomic E-state index is 0.0338. The lowest BCUT2D eigenvalue weighted by Gasteiger charge is -2.13. The maximum atomic E-state index is 11.0. The van der Waals surface area contributed by atoms with Crippen molar-refractivity contribution in [1.29, 1.82) is 0 Å². The van der Waals surface area contributed by atoms with Crippen LogP contribution in [0.15, 0.2) is 0 Å². The molecule has 0 radical (unpaired) electrons. The first kappa shape index (κ1) is 11.2. The van der Waals surface area contributed by atoms with Gasteiger partial charge < -0.3 is 5.11 Å². The van der Waals surface area contributed by atoms with Crippen molar-refractivity contribution in [3.63, 3.8) is 0 Å². The number of sulfone groups is 1. The third-order valence-electron chi connectivity index (χ3n) is 1.30. The molecular formula is C6H13ClO3S. The Bertz CT molecular complexity index is 198. The van der Waals surface area contributed by atoms with E-state index >= 15 is 0 Å². The molecule has 0 rings (SSSR count). The maximum absolute atomic E-state index is 11.0. The molecule has 0 heterocycles. The molecule has 0 bridgehead atoms. The molecule has 0 saturated heterocycles. The number of rotatable bonds is 4. The van der Waals surface area contributed by atoms with Gasteiger partial charge in [-0.15, -0.1) is 11.6 Å². The van der Waals surface area contributed by atoms with Gasteiger partial charge in [0.15, 0.2) is 15.3 Å². The van der Waals surface area contributed by atoms with Gasteiger partial charge in [0.2, 0.25) is 0 Å². The Labute approximate surface area is 72.3 Å². The molecule has 0 aliphatic rings. The number of aliphatic hydroxyl groups excluding tert-OH is 1. The third kappa shape index (κ3) is 3.40. The average Bonchev–Trinajstić information content (AvgIpc) is 1.86. The zero-order chi connectivity index (χ0) is 9.07. The summed E-state index contributed by atoms with van der Waals surface area (Å²) in [5.41, 5.74) is -1.28. The standard InChI is InChI=1S/C6H13ClO3S/c1-5(2)6(8)11(9,10)4-3-7/h5-6,8H,3-4H2,1-2H3. The Kier molecular flexibility index (Phi) is 4.36. The summed E-state index contributed by atoms with van der Waals surface area (Å²) in [6.45, 7) is 3.30. The third-order valence-corrected chi connectivity index (χ3v) is 3.77. The van der Waals surface area contributed by atoms with E-state index in [1.165, 1.54) is 0 Å².